The van der Waals surface area contributed by atoms with Gasteiger partial charge in [-0.15, -0.1) is 0 Å². The third-order valence-electron chi connectivity index (χ3n) is 7.27. The molecule has 0 spiro atoms. The van der Waals surface area contributed by atoms with Crippen molar-refractivity contribution in [2.75, 3.05) is 23.9 Å². The summed E-state index contributed by atoms with van der Waals surface area (Å²) in [6, 6.07) is 3.46. The van der Waals surface area contributed by atoms with Gasteiger partial charge in [0.1, 0.15) is 0 Å². The van der Waals surface area contributed by atoms with Gasteiger partial charge in [0.2, 0.25) is 5.91 Å². The number of benzene rings is 2. The van der Waals surface area contributed by atoms with E-state index in [1.807, 2.05) is 25.7 Å². The molecule has 0 radical (unpaired) electrons. The summed E-state index contributed by atoms with van der Waals surface area (Å²) in [4.78, 5) is 29.8. The number of carbonyl (C=O) groups excluding carboxylic acids is 1. The number of rotatable bonds is 5. The van der Waals surface area contributed by atoms with Crippen molar-refractivity contribution < 1.29 is 41.0 Å². The Hall–Kier alpha value is -3.44. The third-order valence-corrected chi connectivity index (χ3v) is 7.27. The maximum Gasteiger partial charge on any atom is 0.416 e. The minimum absolute atomic E-state index is 0.0483. The number of hydrogen-bond acceptors (Lipinski definition) is 3. The molecule has 1 heterocycles. The van der Waals surface area contributed by atoms with Crippen LogP contribution in [0.5, 0.6) is 0 Å². The third kappa shape index (κ3) is 6.47. The van der Waals surface area contributed by atoms with E-state index in [1.54, 1.807) is 26.2 Å². The first kappa shape index (κ1) is 31.1. The van der Waals surface area contributed by atoms with E-state index in [4.69, 9.17) is 0 Å². The van der Waals surface area contributed by atoms with Crippen molar-refractivity contribution in [2.45, 2.75) is 71.5 Å². The van der Waals surface area contributed by atoms with E-state index in [2.05, 4.69) is 0 Å². The quantitative estimate of drug-likeness (QED) is 0.377. The lowest BCUT2D eigenvalue weighted by Gasteiger charge is -2.34. The summed E-state index contributed by atoms with van der Waals surface area (Å²) in [5.74, 6) is -0.682. The normalized spacial score (nSPS) is 17.9. The van der Waals surface area contributed by atoms with Gasteiger partial charge in [0.15, 0.2) is 0 Å². The second-order valence-electron chi connectivity index (χ2n) is 10.7. The first-order chi connectivity index (χ1) is 18.3. The number of carbonyl (C=O) groups is 2. The molecule has 12 heteroatoms. The molecule has 1 aliphatic heterocycles. The van der Waals surface area contributed by atoms with Crippen molar-refractivity contribution in [2.24, 2.45) is 5.92 Å². The van der Waals surface area contributed by atoms with Crippen molar-refractivity contribution in [1.82, 2.24) is 4.90 Å². The van der Waals surface area contributed by atoms with Gasteiger partial charge in [-0.2, -0.15) is 26.3 Å². The Morgan fingerprint density at radius 1 is 0.975 bits per heavy atom. The van der Waals surface area contributed by atoms with Crippen LogP contribution in [-0.2, 0) is 23.7 Å². The average Bonchev–Trinajstić information content (AvgIpc) is 2.97. The molecule has 220 valence electrons. The zero-order valence-corrected chi connectivity index (χ0v) is 23.1. The molecule has 0 bridgehead atoms. The molecule has 0 aliphatic carbocycles. The van der Waals surface area contributed by atoms with E-state index in [9.17, 15) is 41.0 Å². The van der Waals surface area contributed by atoms with E-state index in [0.717, 1.165) is 11.3 Å². The van der Waals surface area contributed by atoms with E-state index < -0.39 is 54.1 Å². The molecule has 2 amide bonds. The molecule has 2 aromatic rings. The fourth-order valence-electron chi connectivity index (χ4n) is 5.40. The molecule has 6 nitrogen and oxygen atoms in total. The smallest absolute Gasteiger partial charge is 0.416 e. The highest BCUT2D eigenvalue weighted by Gasteiger charge is 2.40. The molecule has 2 atom stereocenters. The topological polar surface area (TPSA) is 64.1 Å². The number of alkyl halides is 6. The molecule has 0 fully saturated rings. The van der Waals surface area contributed by atoms with Gasteiger partial charge < -0.3 is 14.9 Å². The van der Waals surface area contributed by atoms with Gasteiger partial charge in [-0.05, 0) is 67.1 Å². The Labute approximate surface area is 229 Å². The highest BCUT2D eigenvalue weighted by molar-refractivity contribution is 5.90. The van der Waals surface area contributed by atoms with Gasteiger partial charge in [0.25, 0.3) is 0 Å². The Bertz CT molecular complexity index is 1240. The van der Waals surface area contributed by atoms with Crippen LogP contribution in [0.2, 0.25) is 0 Å². The van der Waals surface area contributed by atoms with E-state index in [0.29, 0.717) is 29.8 Å². The van der Waals surface area contributed by atoms with Crippen LogP contribution in [-0.4, -0.2) is 42.1 Å². The lowest BCUT2D eigenvalue weighted by molar-refractivity contribution is -0.143. The van der Waals surface area contributed by atoms with Crippen molar-refractivity contribution in [3.63, 3.8) is 0 Å². The molecule has 2 aromatic carbocycles. The lowest BCUT2D eigenvalue weighted by atomic mass is 9.94. The summed E-state index contributed by atoms with van der Waals surface area (Å²) in [6.45, 7) is 6.21. The number of amides is 2. The van der Waals surface area contributed by atoms with Crippen LogP contribution < -0.4 is 9.80 Å². The van der Waals surface area contributed by atoms with Crippen LogP contribution in [0.4, 0.5) is 42.5 Å². The molecule has 2 unspecified atom stereocenters. The molecule has 0 saturated carbocycles. The number of aryl methyl sites for hydroxylation is 1. The summed E-state index contributed by atoms with van der Waals surface area (Å²) >= 11 is 0. The first-order valence-corrected chi connectivity index (χ1v) is 12.7. The number of fused-ring (bicyclic) bond motifs is 1. The summed E-state index contributed by atoms with van der Waals surface area (Å²) < 4.78 is 81.1. The second kappa shape index (κ2) is 11.2. The van der Waals surface area contributed by atoms with Crippen LogP contribution in [0.25, 0.3) is 0 Å². The predicted octanol–water partition coefficient (Wildman–Crippen LogP) is 7.49. The zero-order valence-electron chi connectivity index (χ0n) is 23.1. The molecule has 0 saturated heterocycles. The minimum Gasteiger partial charge on any atom is -0.465 e. The fraction of sp³-hybridized carbons (Fsp3) is 0.500. The first-order valence-electron chi connectivity index (χ1n) is 12.7. The zero-order chi connectivity index (χ0) is 30.3. The summed E-state index contributed by atoms with van der Waals surface area (Å²) in [7, 11) is 3.58. The van der Waals surface area contributed by atoms with Crippen molar-refractivity contribution >= 4 is 23.4 Å². The van der Waals surface area contributed by atoms with Crippen molar-refractivity contribution in [3.8, 4) is 0 Å². The number of carboxylic acid groups (broad SMARTS) is 1. The van der Waals surface area contributed by atoms with Gasteiger partial charge in [-0.25, -0.2) is 4.79 Å². The van der Waals surface area contributed by atoms with E-state index in [-0.39, 0.29) is 24.0 Å². The summed E-state index contributed by atoms with van der Waals surface area (Å²) in [5, 5.41) is 10.2. The Kier molecular flexibility index (Phi) is 8.71. The van der Waals surface area contributed by atoms with Gasteiger partial charge in [-0.3, -0.25) is 9.69 Å². The lowest BCUT2D eigenvalue weighted by Crippen LogP contribution is -2.42. The second-order valence-corrected chi connectivity index (χ2v) is 10.7. The molecule has 3 rings (SSSR count). The monoisotopic (exact) mass is 573 g/mol. The maximum absolute atomic E-state index is 13.5. The number of halogens is 6. The van der Waals surface area contributed by atoms with E-state index in [1.165, 1.54) is 16.7 Å². The Morgan fingerprint density at radius 2 is 1.52 bits per heavy atom. The van der Waals surface area contributed by atoms with Crippen LogP contribution in [0.3, 0.4) is 0 Å². The van der Waals surface area contributed by atoms with Gasteiger partial charge >= 0.3 is 18.4 Å². The highest BCUT2D eigenvalue weighted by atomic mass is 19.4. The SMILES string of the molecule is CC(=O)N(Cc1cc(C(F)(F)F)cc(C(F)(F)F)c1)C1CCC(C(C)C)N(C(=O)O)c2cc(C)c(N(C)C)cc21. The Morgan fingerprint density at radius 3 is 1.95 bits per heavy atom. The van der Waals surface area contributed by atoms with Crippen LogP contribution >= 0.6 is 0 Å². The molecule has 1 N–H and O–H groups in total. The van der Waals surface area contributed by atoms with Crippen LogP contribution in [0.15, 0.2) is 30.3 Å². The highest BCUT2D eigenvalue weighted by Crippen LogP contribution is 2.44. The van der Waals surface area contributed by atoms with Crippen LogP contribution in [0.1, 0.15) is 67.5 Å². The fourth-order valence-corrected chi connectivity index (χ4v) is 5.40. The summed E-state index contributed by atoms with van der Waals surface area (Å²) in [5.41, 5.74) is -0.979. The Balaban J connectivity index is 2.24. The number of hydrogen-bond donors (Lipinski definition) is 1. The molecule has 0 aromatic heterocycles. The summed E-state index contributed by atoms with van der Waals surface area (Å²) in [6.07, 6.45) is -10.7. The number of nitrogens with zero attached hydrogens (tertiary/aromatic N) is 3. The molecule has 1 aliphatic rings. The van der Waals surface area contributed by atoms with Crippen molar-refractivity contribution in [1.29, 1.82) is 0 Å². The maximum atomic E-state index is 13.5. The molecular formula is C28H33F6N3O3. The van der Waals surface area contributed by atoms with Crippen LogP contribution in [0, 0.1) is 12.8 Å². The van der Waals surface area contributed by atoms with E-state index >= 15 is 0 Å². The van der Waals surface area contributed by atoms with Gasteiger partial charge in [0.05, 0.1) is 22.9 Å². The largest absolute Gasteiger partial charge is 0.465 e. The number of anilines is 2. The van der Waals surface area contributed by atoms with Gasteiger partial charge in [0, 0.05) is 44.9 Å². The van der Waals surface area contributed by atoms with Crippen molar-refractivity contribution in [3.05, 3.63) is 58.1 Å². The standard InChI is InChI=1S/C28H33F6N3O3/c1-15(2)22-7-8-23(21-13-24(35(5)6)16(3)9-25(21)37(22)26(39)40)36(17(4)38)14-18-10-19(27(29,30)31)12-20(11-18)28(32,33)34/h9-13,15,22-23H,7-8,14H2,1-6H3,(H,39,40). The average molecular weight is 574 g/mol. The predicted molar refractivity (Wildman–Crippen MR) is 139 cm³/mol. The minimum atomic E-state index is -5.03. The van der Waals surface area contributed by atoms with Gasteiger partial charge in [-0.1, -0.05) is 13.8 Å². The molecular weight excluding hydrogens is 540 g/mol. The molecule has 40 heavy (non-hydrogen) atoms.